The molecule has 0 unspecified atom stereocenters. The van der Waals surface area contributed by atoms with Crippen molar-refractivity contribution in [2.24, 2.45) is 0 Å². The van der Waals surface area contributed by atoms with Crippen LogP contribution >= 0.6 is 0 Å². The zero-order valence-corrected chi connectivity index (χ0v) is 7.77. The molecule has 0 aliphatic heterocycles. The van der Waals surface area contributed by atoms with Crippen LogP contribution in [0.15, 0.2) is 18.2 Å². The number of aromatic hydroxyl groups is 1. The molecule has 5 heteroatoms. The molecule has 2 atom stereocenters. The number of carboxylic acid groups (broad SMARTS) is 1. The first-order chi connectivity index (χ1) is 7.09. The Morgan fingerprint density at radius 2 is 2.27 bits per heavy atom. The number of hydrogen-bond donors (Lipinski definition) is 3. The molecule has 15 heavy (non-hydrogen) atoms. The highest BCUT2D eigenvalue weighted by molar-refractivity contribution is 5.66. The predicted molar refractivity (Wildman–Crippen MR) is 50.4 cm³/mol. The fraction of sp³-hybridized carbons (Fsp3) is 0.300. The Morgan fingerprint density at radius 1 is 1.53 bits per heavy atom. The molecule has 0 spiro atoms. The Balaban J connectivity index is 2.16. The summed E-state index contributed by atoms with van der Waals surface area (Å²) in [7, 11) is 0. The Kier molecular flexibility index (Phi) is 2.22. The lowest BCUT2D eigenvalue weighted by molar-refractivity contribution is 0.193. The largest absolute Gasteiger partial charge is 0.508 e. The molecular formula is C10H10FNO3. The lowest BCUT2D eigenvalue weighted by Crippen LogP contribution is -2.24. The van der Waals surface area contributed by atoms with E-state index in [1.165, 1.54) is 18.2 Å². The second-order valence-electron chi connectivity index (χ2n) is 3.57. The van der Waals surface area contributed by atoms with Crippen molar-refractivity contribution in [3.63, 3.8) is 0 Å². The normalized spacial score (nSPS) is 23.5. The average molecular weight is 211 g/mol. The Labute approximate surface area is 85.4 Å². The molecule has 1 fully saturated rings. The van der Waals surface area contributed by atoms with Gasteiger partial charge >= 0.3 is 6.09 Å². The minimum atomic E-state index is -1.13. The minimum absolute atomic E-state index is 0.116. The topological polar surface area (TPSA) is 69.6 Å². The van der Waals surface area contributed by atoms with Crippen molar-refractivity contribution >= 4 is 6.09 Å². The number of benzene rings is 1. The predicted octanol–water partition coefficient (Wildman–Crippen LogP) is 1.65. The first-order valence-corrected chi connectivity index (χ1v) is 4.56. The molecule has 3 N–H and O–H groups in total. The molecule has 2 rings (SSSR count). The Hall–Kier alpha value is -1.78. The van der Waals surface area contributed by atoms with E-state index in [4.69, 9.17) is 5.11 Å². The van der Waals surface area contributed by atoms with Gasteiger partial charge in [-0.25, -0.2) is 9.18 Å². The lowest BCUT2D eigenvalue weighted by atomic mass is 10.1. The molecule has 80 valence electrons. The van der Waals surface area contributed by atoms with Gasteiger partial charge in [0, 0.05) is 17.5 Å². The highest BCUT2D eigenvalue weighted by atomic mass is 19.1. The second kappa shape index (κ2) is 3.42. The number of halogens is 1. The number of nitrogens with one attached hydrogen (secondary N) is 1. The summed E-state index contributed by atoms with van der Waals surface area (Å²) in [6.07, 6.45) is -0.598. The third kappa shape index (κ3) is 1.86. The van der Waals surface area contributed by atoms with Gasteiger partial charge in [0.2, 0.25) is 0 Å². The molecule has 0 bridgehead atoms. The summed E-state index contributed by atoms with van der Waals surface area (Å²) in [5.41, 5.74) is 0.205. The van der Waals surface area contributed by atoms with Gasteiger partial charge in [-0.3, -0.25) is 0 Å². The Bertz CT molecular complexity index is 387. The summed E-state index contributed by atoms with van der Waals surface area (Å²) in [5.74, 6) is -0.855. The third-order valence-corrected chi connectivity index (χ3v) is 2.50. The van der Waals surface area contributed by atoms with E-state index in [2.05, 4.69) is 5.32 Å². The zero-order chi connectivity index (χ0) is 11.0. The summed E-state index contributed by atoms with van der Waals surface area (Å²) in [6.45, 7) is 0. The van der Waals surface area contributed by atoms with Crippen LogP contribution in [0.3, 0.4) is 0 Å². The van der Waals surface area contributed by atoms with Crippen LogP contribution in [0.5, 0.6) is 5.75 Å². The summed E-state index contributed by atoms with van der Waals surface area (Å²) in [5, 5.41) is 20.2. The van der Waals surface area contributed by atoms with Crippen LogP contribution in [-0.2, 0) is 0 Å². The van der Waals surface area contributed by atoms with Crippen LogP contribution in [-0.4, -0.2) is 22.3 Å². The maximum absolute atomic E-state index is 13.3. The molecule has 0 aromatic heterocycles. The van der Waals surface area contributed by atoms with E-state index >= 15 is 0 Å². The molecule has 1 saturated carbocycles. The molecular weight excluding hydrogens is 201 g/mol. The van der Waals surface area contributed by atoms with Crippen molar-refractivity contribution in [1.82, 2.24) is 5.32 Å². The van der Waals surface area contributed by atoms with Crippen molar-refractivity contribution < 1.29 is 19.4 Å². The van der Waals surface area contributed by atoms with Crippen LogP contribution in [0.25, 0.3) is 0 Å². The molecule has 0 heterocycles. The molecule has 0 radical (unpaired) electrons. The van der Waals surface area contributed by atoms with Crippen molar-refractivity contribution in [1.29, 1.82) is 0 Å². The van der Waals surface area contributed by atoms with Gasteiger partial charge in [-0.05, 0) is 18.6 Å². The number of phenols is 1. The molecule has 0 saturated heterocycles. The third-order valence-electron chi connectivity index (χ3n) is 2.50. The van der Waals surface area contributed by atoms with E-state index in [1.807, 2.05) is 0 Å². The van der Waals surface area contributed by atoms with Crippen LogP contribution < -0.4 is 5.32 Å². The highest BCUT2D eigenvalue weighted by Crippen LogP contribution is 2.45. The minimum Gasteiger partial charge on any atom is -0.508 e. The van der Waals surface area contributed by atoms with Gasteiger partial charge in [0.1, 0.15) is 11.6 Å². The molecule has 1 aliphatic carbocycles. The summed E-state index contributed by atoms with van der Waals surface area (Å²) in [4.78, 5) is 10.3. The fourth-order valence-corrected chi connectivity index (χ4v) is 1.72. The van der Waals surface area contributed by atoms with Gasteiger partial charge in [0.25, 0.3) is 0 Å². The lowest BCUT2D eigenvalue weighted by Gasteiger charge is -2.05. The van der Waals surface area contributed by atoms with Crippen molar-refractivity contribution in [2.75, 3.05) is 0 Å². The van der Waals surface area contributed by atoms with Crippen LogP contribution in [0.2, 0.25) is 0 Å². The van der Waals surface area contributed by atoms with Gasteiger partial charge in [-0.2, -0.15) is 0 Å². The van der Waals surface area contributed by atoms with Gasteiger partial charge in [0.05, 0.1) is 0 Å². The fourth-order valence-electron chi connectivity index (χ4n) is 1.72. The quantitative estimate of drug-likeness (QED) is 0.696. The number of hydrogen-bond acceptors (Lipinski definition) is 2. The van der Waals surface area contributed by atoms with E-state index in [9.17, 15) is 14.3 Å². The standard InChI is InChI=1S/C10H10FNO3/c11-6-2-1-3-8(13)9(6)5-4-7(5)12-10(14)15/h1-3,5,7,12-13H,4H2,(H,14,15)/t5-,7-/m1/s1. The zero-order valence-electron chi connectivity index (χ0n) is 7.77. The first-order valence-electron chi connectivity index (χ1n) is 4.56. The monoisotopic (exact) mass is 211 g/mol. The van der Waals surface area contributed by atoms with E-state index in [-0.39, 0.29) is 23.3 Å². The number of rotatable bonds is 2. The van der Waals surface area contributed by atoms with E-state index in [0.717, 1.165) is 0 Å². The van der Waals surface area contributed by atoms with Crippen LogP contribution in [0.4, 0.5) is 9.18 Å². The highest BCUT2D eigenvalue weighted by Gasteiger charge is 2.42. The SMILES string of the molecule is O=C(O)N[C@@H]1C[C@H]1c1c(O)cccc1F. The molecule has 4 nitrogen and oxygen atoms in total. The molecule has 1 amide bonds. The summed E-state index contributed by atoms with van der Waals surface area (Å²) < 4.78 is 13.3. The molecule has 1 aromatic carbocycles. The van der Waals surface area contributed by atoms with Crippen molar-refractivity contribution in [3.8, 4) is 5.75 Å². The van der Waals surface area contributed by atoms with Gasteiger partial charge in [-0.1, -0.05) is 6.07 Å². The number of carbonyl (C=O) groups is 1. The molecule has 1 aromatic rings. The van der Waals surface area contributed by atoms with Crippen LogP contribution in [0.1, 0.15) is 17.9 Å². The smallest absolute Gasteiger partial charge is 0.404 e. The number of phenolic OH excluding ortho intramolecular Hbond substituents is 1. The van der Waals surface area contributed by atoms with E-state index in [0.29, 0.717) is 6.42 Å². The molecule has 1 aliphatic rings. The van der Waals surface area contributed by atoms with E-state index < -0.39 is 11.9 Å². The average Bonchev–Trinajstić information content (AvgIpc) is 2.82. The van der Waals surface area contributed by atoms with Crippen molar-refractivity contribution in [2.45, 2.75) is 18.4 Å². The number of amides is 1. The first kappa shape index (κ1) is 9.76. The van der Waals surface area contributed by atoms with Gasteiger partial charge in [-0.15, -0.1) is 0 Å². The van der Waals surface area contributed by atoms with Gasteiger partial charge in [0.15, 0.2) is 0 Å². The van der Waals surface area contributed by atoms with E-state index in [1.54, 1.807) is 0 Å². The van der Waals surface area contributed by atoms with Crippen molar-refractivity contribution in [3.05, 3.63) is 29.6 Å². The summed E-state index contributed by atoms with van der Waals surface area (Å²) in [6, 6.07) is 3.78. The summed E-state index contributed by atoms with van der Waals surface area (Å²) >= 11 is 0. The maximum atomic E-state index is 13.3. The second-order valence-corrected chi connectivity index (χ2v) is 3.57. The van der Waals surface area contributed by atoms with Crippen LogP contribution in [0, 0.1) is 5.82 Å². The van der Waals surface area contributed by atoms with Gasteiger partial charge < -0.3 is 15.5 Å². The Morgan fingerprint density at radius 3 is 2.87 bits per heavy atom. The maximum Gasteiger partial charge on any atom is 0.404 e.